The molecule has 1 saturated heterocycles. The summed E-state index contributed by atoms with van der Waals surface area (Å²) in [6, 6.07) is 14.5. The molecule has 2 aromatic rings. The van der Waals surface area contributed by atoms with Crippen LogP contribution >= 0.6 is 23.2 Å². The van der Waals surface area contributed by atoms with E-state index in [1.165, 1.54) is 7.11 Å². The van der Waals surface area contributed by atoms with Gasteiger partial charge in [-0.3, -0.25) is 9.59 Å². The smallest absolute Gasteiger partial charge is 0.306 e. The molecular formula is C26H29Cl2NO4. The summed E-state index contributed by atoms with van der Waals surface area (Å²) >= 11 is 12.5. The molecule has 0 bridgehead atoms. The summed E-state index contributed by atoms with van der Waals surface area (Å²) in [6.07, 6.45) is 2.37. The summed E-state index contributed by atoms with van der Waals surface area (Å²) in [5.74, 6) is -0.441. The minimum absolute atomic E-state index is 0.0218. The Morgan fingerprint density at radius 2 is 1.85 bits per heavy atom. The van der Waals surface area contributed by atoms with Crippen LogP contribution in [0.15, 0.2) is 48.5 Å². The van der Waals surface area contributed by atoms with E-state index in [2.05, 4.69) is 0 Å². The molecule has 1 unspecified atom stereocenters. The third-order valence-electron chi connectivity index (χ3n) is 7.06. The molecule has 0 aromatic heterocycles. The second-order valence-corrected chi connectivity index (χ2v) is 10.3. The fraction of sp³-hybridized carbons (Fsp3) is 0.462. The zero-order valence-corrected chi connectivity index (χ0v) is 20.4. The number of methoxy groups -OCH3 is 1. The summed E-state index contributed by atoms with van der Waals surface area (Å²) in [7, 11) is 1.34. The van der Waals surface area contributed by atoms with Gasteiger partial charge in [-0.1, -0.05) is 54.4 Å². The Morgan fingerprint density at radius 1 is 1.15 bits per heavy atom. The highest BCUT2D eigenvalue weighted by molar-refractivity contribution is 6.30. The first-order valence-corrected chi connectivity index (χ1v) is 12.0. The molecule has 2 aromatic carbocycles. The SMILES string of the molecule is COC(=O)C[C@@]1(C)CC(c2cccc(Cl)c2)[C@@H](c2ccc(Cl)cc2)N([C@H](CO)C2CC2)C1=O. The number of benzene rings is 2. The van der Waals surface area contributed by atoms with E-state index in [-0.39, 0.29) is 42.9 Å². The van der Waals surface area contributed by atoms with Gasteiger partial charge in [0.25, 0.3) is 0 Å². The average molecular weight is 490 g/mol. The number of hydrogen-bond acceptors (Lipinski definition) is 4. The molecule has 1 N–H and O–H groups in total. The van der Waals surface area contributed by atoms with Crippen LogP contribution in [0.3, 0.4) is 0 Å². The van der Waals surface area contributed by atoms with Crippen molar-refractivity contribution in [2.24, 2.45) is 11.3 Å². The summed E-state index contributed by atoms with van der Waals surface area (Å²) in [5.41, 5.74) is 0.964. The summed E-state index contributed by atoms with van der Waals surface area (Å²) in [6.45, 7) is 1.70. The van der Waals surface area contributed by atoms with Crippen LogP contribution in [0.25, 0.3) is 0 Å². The Labute approximate surface area is 204 Å². The largest absolute Gasteiger partial charge is 0.469 e. The number of likely N-dealkylation sites (tertiary alicyclic amines) is 1. The highest BCUT2D eigenvalue weighted by atomic mass is 35.5. The number of nitrogens with zero attached hydrogens (tertiary/aromatic N) is 1. The van der Waals surface area contributed by atoms with E-state index in [1.807, 2.05) is 60.4 Å². The van der Waals surface area contributed by atoms with E-state index in [9.17, 15) is 14.7 Å². The Bertz CT molecular complexity index is 1020. The first-order chi connectivity index (χ1) is 15.8. The number of halogens is 2. The molecule has 1 saturated carbocycles. The number of esters is 1. The predicted molar refractivity (Wildman–Crippen MR) is 128 cm³/mol. The maximum atomic E-state index is 14.1. The van der Waals surface area contributed by atoms with Gasteiger partial charge < -0.3 is 14.7 Å². The van der Waals surface area contributed by atoms with Gasteiger partial charge in [0.05, 0.1) is 37.6 Å². The second-order valence-electron chi connectivity index (χ2n) is 9.48. The molecule has 33 heavy (non-hydrogen) atoms. The van der Waals surface area contributed by atoms with Crippen molar-refractivity contribution in [3.05, 3.63) is 69.7 Å². The average Bonchev–Trinajstić information content (AvgIpc) is 3.63. The number of rotatable bonds is 7. The van der Waals surface area contributed by atoms with Crippen molar-refractivity contribution in [2.75, 3.05) is 13.7 Å². The van der Waals surface area contributed by atoms with Crippen molar-refractivity contribution in [3.8, 4) is 0 Å². The number of carbonyl (C=O) groups is 2. The Kier molecular flexibility index (Phi) is 7.04. The number of ether oxygens (including phenoxy) is 1. The monoisotopic (exact) mass is 489 g/mol. The molecule has 1 amide bonds. The number of aliphatic hydroxyl groups is 1. The Hall–Kier alpha value is -2.08. The lowest BCUT2D eigenvalue weighted by Gasteiger charge is -2.52. The third kappa shape index (κ3) is 4.91. The highest BCUT2D eigenvalue weighted by Crippen LogP contribution is 2.54. The van der Waals surface area contributed by atoms with Crippen LogP contribution in [0.5, 0.6) is 0 Å². The lowest BCUT2D eigenvalue weighted by atomic mass is 9.67. The van der Waals surface area contributed by atoms with Gasteiger partial charge in [0.1, 0.15) is 0 Å². The Balaban J connectivity index is 1.88. The second kappa shape index (κ2) is 9.65. The number of piperidine rings is 1. The summed E-state index contributed by atoms with van der Waals surface area (Å²) in [5, 5.41) is 11.6. The van der Waals surface area contributed by atoms with Gasteiger partial charge in [-0.2, -0.15) is 0 Å². The molecule has 2 aliphatic rings. The van der Waals surface area contributed by atoms with Crippen molar-refractivity contribution in [3.63, 3.8) is 0 Å². The maximum absolute atomic E-state index is 14.1. The molecule has 0 radical (unpaired) electrons. The number of aliphatic hydroxyl groups excluding tert-OH is 1. The van der Waals surface area contributed by atoms with Crippen molar-refractivity contribution >= 4 is 35.1 Å². The van der Waals surface area contributed by atoms with Crippen molar-refractivity contribution in [1.29, 1.82) is 0 Å². The van der Waals surface area contributed by atoms with Crippen LogP contribution in [0.1, 0.15) is 55.7 Å². The predicted octanol–water partition coefficient (Wildman–Crippen LogP) is 5.39. The number of amides is 1. The lowest BCUT2D eigenvalue weighted by molar-refractivity contribution is -0.163. The number of carbonyl (C=O) groups excluding carboxylic acids is 2. The first kappa shape index (κ1) is 24.1. The van der Waals surface area contributed by atoms with Crippen LogP contribution in [0.2, 0.25) is 10.0 Å². The standard InChI is InChI=1S/C26H29Cl2NO4/c1-26(14-23(31)33-2)13-21(18-4-3-5-20(28)12-18)24(17-8-10-19(27)11-9-17)29(25(26)32)22(15-30)16-6-7-16/h3-5,8-12,16,21-22,24,30H,6-7,13-15H2,1-2H3/t21?,22-,24-,26-/m1/s1. The first-order valence-electron chi connectivity index (χ1n) is 11.3. The Morgan fingerprint density at radius 3 is 2.42 bits per heavy atom. The van der Waals surface area contributed by atoms with E-state index in [1.54, 1.807) is 0 Å². The quantitative estimate of drug-likeness (QED) is 0.529. The molecule has 5 nitrogen and oxygen atoms in total. The normalized spacial score (nSPS) is 26.2. The van der Waals surface area contributed by atoms with Crippen molar-refractivity contribution in [2.45, 2.75) is 50.6 Å². The topological polar surface area (TPSA) is 66.8 Å². The molecule has 7 heteroatoms. The highest BCUT2D eigenvalue weighted by Gasteiger charge is 2.54. The van der Waals surface area contributed by atoms with E-state index >= 15 is 0 Å². The van der Waals surface area contributed by atoms with Crippen LogP contribution in [-0.4, -0.2) is 41.6 Å². The molecule has 1 heterocycles. The van der Waals surface area contributed by atoms with Gasteiger partial charge in [0.2, 0.25) is 5.91 Å². The molecular weight excluding hydrogens is 461 g/mol. The maximum Gasteiger partial charge on any atom is 0.306 e. The molecule has 176 valence electrons. The van der Waals surface area contributed by atoms with E-state index in [4.69, 9.17) is 27.9 Å². The minimum Gasteiger partial charge on any atom is -0.469 e. The molecule has 1 aliphatic heterocycles. The van der Waals surface area contributed by atoms with Gasteiger partial charge in [-0.25, -0.2) is 0 Å². The van der Waals surface area contributed by atoms with E-state index in [0.29, 0.717) is 16.5 Å². The van der Waals surface area contributed by atoms with Crippen LogP contribution < -0.4 is 0 Å². The van der Waals surface area contributed by atoms with Crippen molar-refractivity contribution < 1.29 is 19.4 Å². The van der Waals surface area contributed by atoms with Gasteiger partial charge in [-0.15, -0.1) is 0 Å². The van der Waals surface area contributed by atoms with E-state index in [0.717, 1.165) is 24.0 Å². The van der Waals surface area contributed by atoms with Crippen LogP contribution in [0, 0.1) is 11.3 Å². The lowest BCUT2D eigenvalue weighted by Crippen LogP contribution is -2.57. The zero-order chi connectivity index (χ0) is 23.8. The van der Waals surface area contributed by atoms with Crippen LogP contribution in [0.4, 0.5) is 0 Å². The van der Waals surface area contributed by atoms with Gasteiger partial charge >= 0.3 is 5.97 Å². The fourth-order valence-corrected chi connectivity index (χ4v) is 5.57. The van der Waals surface area contributed by atoms with Gasteiger partial charge in [0, 0.05) is 16.0 Å². The molecule has 0 spiro atoms. The van der Waals surface area contributed by atoms with Crippen LogP contribution in [-0.2, 0) is 14.3 Å². The third-order valence-corrected chi connectivity index (χ3v) is 7.55. The fourth-order valence-electron chi connectivity index (χ4n) is 5.25. The van der Waals surface area contributed by atoms with Gasteiger partial charge in [-0.05, 0) is 60.6 Å². The zero-order valence-electron chi connectivity index (χ0n) is 18.8. The van der Waals surface area contributed by atoms with E-state index < -0.39 is 11.4 Å². The van der Waals surface area contributed by atoms with Gasteiger partial charge in [0.15, 0.2) is 0 Å². The summed E-state index contributed by atoms with van der Waals surface area (Å²) in [4.78, 5) is 28.3. The molecule has 1 aliphatic carbocycles. The molecule has 2 fully saturated rings. The minimum atomic E-state index is -0.967. The van der Waals surface area contributed by atoms with Crippen molar-refractivity contribution in [1.82, 2.24) is 4.90 Å². The summed E-state index contributed by atoms with van der Waals surface area (Å²) < 4.78 is 4.94. The number of hydrogen-bond donors (Lipinski definition) is 1. The molecule has 4 atom stereocenters. The molecule has 4 rings (SSSR count).